The van der Waals surface area contributed by atoms with Crippen LogP contribution in [-0.4, -0.2) is 62.4 Å². The first-order valence-electron chi connectivity index (χ1n) is 15.0. The number of carbonyl (C=O) groups is 2. The standard InChI is InChI=1S/C32H46O7S/c1-18(24-16-30(6)27(2,3)38-32(37-24,39-30)17-25(35)40-7)31(36)13-10-22-26-21(9-12-29(22,31)5)28(4)11-8-20(33)14-19(28)15-23(26)34/h8,11,14,18,21-24,26,34,36H,9-10,12-13,15-17H2,1-7H3. The van der Waals surface area contributed by atoms with Gasteiger partial charge >= 0.3 is 0 Å². The van der Waals surface area contributed by atoms with E-state index >= 15 is 0 Å². The number of ketones is 1. The Balaban J connectivity index is 1.30. The van der Waals surface area contributed by atoms with E-state index in [-0.39, 0.29) is 52.5 Å². The molecule has 4 aliphatic carbocycles. The zero-order valence-electron chi connectivity index (χ0n) is 25.0. The summed E-state index contributed by atoms with van der Waals surface area (Å²) < 4.78 is 19.4. The predicted molar refractivity (Wildman–Crippen MR) is 152 cm³/mol. The van der Waals surface area contributed by atoms with Crippen molar-refractivity contribution in [2.24, 2.45) is 34.5 Å². The fourth-order valence-corrected chi connectivity index (χ4v) is 10.2. The first-order valence-corrected chi connectivity index (χ1v) is 16.3. The topological polar surface area (TPSA) is 102 Å². The Morgan fingerprint density at radius 1 is 1.12 bits per heavy atom. The number of rotatable bonds is 4. The molecule has 0 aromatic carbocycles. The third-order valence-corrected chi connectivity index (χ3v) is 13.3. The monoisotopic (exact) mass is 574 g/mol. The van der Waals surface area contributed by atoms with Gasteiger partial charge in [0.15, 0.2) is 10.9 Å². The average molecular weight is 575 g/mol. The first-order chi connectivity index (χ1) is 18.5. The molecule has 40 heavy (non-hydrogen) atoms. The molecular weight excluding hydrogens is 528 g/mol. The highest BCUT2D eigenvalue weighted by Crippen LogP contribution is 2.69. The van der Waals surface area contributed by atoms with Gasteiger partial charge in [0.25, 0.3) is 5.97 Å². The molecule has 5 fully saturated rings. The van der Waals surface area contributed by atoms with Gasteiger partial charge < -0.3 is 24.4 Å². The van der Waals surface area contributed by atoms with E-state index in [9.17, 15) is 19.8 Å². The van der Waals surface area contributed by atoms with Crippen LogP contribution in [0.1, 0.15) is 86.5 Å². The minimum absolute atomic E-state index is 0.00483. The van der Waals surface area contributed by atoms with E-state index in [0.29, 0.717) is 19.3 Å². The highest BCUT2D eigenvalue weighted by molar-refractivity contribution is 8.13. The lowest BCUT2D eigenvalue weighted by atomic mass is 9.46. The highest BCUT2D eigenvalue weighted by atomic mass is 32.2. The molecule has 0 aromatic heterocycles. The van der Waals surface area contributed by atoms with Crippen molar-refractivity contribution < 1.29 is 34.0 Å². The van der Waals surface area contributed by atoms with Crippen LogP contribution in [0.5, 0.6) is 0 Å². The van der Waals surface area contributed by atoms with E-state index in [1.165, 1.54) is 0 Å². The van der Waals surface area contributed by atoms with Crippen LogP contribution in [0, 0.1) is 34.5 Å². The smallest absolute Gasteiger partial charge is 0.292 e. The number of ether oxygens (including phenoxy) is 3. The molecule has 0 aromatic rings. The highest BCUT2D eigenvalue weighted by Gasteiger charge is 2.71. The van der Waals surface area contributed by atoms with Gasteiger partial charge in [-0.15, -0.1) is 0 Å². The fraction of sp³-hybridized carbons (Fsp3) is 0.812. The molecule has 6 aliphatic rings. The van der Waals surface area contributed by atoms with Crippen molar-refractivity contribution in [2.75, 3.05) is 6.26 Å². The Morgan fingerprint density at radius 3 is 2.52 bits per heavy atom. The van der Waals surface area contributed by atoms with Gasteiger partial charge in [-0.25, -0.2) is 0 Å². The van der Waals surface area contributed by atoms with Gasteiger partial charge in [-0.05, 0) is 94.5 Å². The molecule has 2 bridgehead atoms. The van der Waals surface area contributed by atoms with E-state index in [4.69, 9.17) is 14.2 Å². The van der Waals surface area contributed by atoms with Crippen LogP contribution in [0.4, 0.5) is 0 Å². The zero-order chi connectivity index (χ0) is 29.1. The molecule has 0 radical (unpaired) electrons. The third kappa shape index (κ3) is 3.82. The van der Waals surface area contributed by atoms with Crippen molar-refractivity contribution >= 4 is 22.7 Å². The fourth-order valence-electron chi connectivity index (χ4n) is 9.90. The molecule has 2 N–H and O–H groups in total. The summed E-state index contributed by atoms with van der Waals surface area (Å²) in [7, 11) is 0. The second-order valence-corrected chi connectivity index (χ2v) is 15.6. The lowest BCUT2D eigenvalue weighted by molar-refractivity contribution is -0.396. The van der Waals surface area contributed by atoms with Gasteiger partial charge in [0.2, 0.25) is 0 Å². The summed E-state index contributed by atoms with van der Waals surface area (Å²) in [5, 5.41) is 24.2. The molecule has 11 atom stereocenters. The molecule has 8 heteroatoms. The van der Waals surface area contributed by atoms with E-state index in [1.807, 2.05) is 20.8 Å². The maximum absolute atomic E-state index is 12.7. The molecule has 2 saturated heterocycles. The summed E-state index contributed by atoms with van der Waals surface area (Å²) in [6, 6.07) is 0. The van der Waals surface area contributed by atoms with Crippen LogP contribution in [0.2, 0.25) is 0 Å². The Bertz CT molecular complexity index is 1180. The van der Waals surface area contributed by atoms with E-state index in [2.05, 4.69) is 26.8 Å². The van der Waals surface area contributed by atoms with Crippen LogP contribution in [0.3, 0.4) is 0 Å². The minimum atomic E-state index is -1.45. The van der Waals surface area contributed by atoms with E-state index < -0.39 is 34.3 Å². The molecule has 6 rings (SSSR count). The number of fused-ring (bicyclic) bond motifs is 7. The van der Waals surface area contributed by atoms with E-state index in [0.717, 1.165) is 36.6 Å². The van der Waals surface area contributed by atoms with Gasteiger partial charge in [-0.2, -0.15) is 0 Å². The van der Waals surface area contributed by atoms with Crippen molar-refractivity contribution in [3.05, 3.63) is 23.8 Å². The number of allylic oxidation sites excluding steroid dienone is 3. The van der Waals surface area contributed by atoms with Gasteiger partial charge in [-0.1, -0.05) is 44.2 Å². The Kier molecular flexibility index (Phi) is 6.53. The second-order valence-electron chi connectivity index (χ2n) is 14.7. The maximum Gasteiger partial charge on any atom is 0.292 e. The lowest BCUT2D eigenvalue weighted by Gasteiger charge is -2.60. The van der Waals surface area contributed by atoms with Gasteiger partial charge in [-0.3, -0.25) is 9.59 Å². The Labute approximate surface area is 242 Å². The van der Waals surface area contributed by atoms with Gasteiger partial charge in [0.1, 0.15) is 5.60 Å². The van der Waals surface area contributed by atoms with Crippen LogP contribution in [0.15, 0.2) is 23.8 Å². The van der Waals surface area contributed by atoms with Crippen molar-refractivity contribution in [1.82, 2.24) is 0 Å². The number of hydrogen-bond donors (Lipinski definition) is 2. The van der Waals surface area contributed by atoms with Gasteiger partial charge in [0, 0.05) is 17.8 Å². The Hall–Kier alpha value is -1.03. The van der Waals surface area contributed by atoms with Crippen molar-refractivity contribution in [1.29, 1.82) is 0 Å². The summed E-state index contributed by atoms with van der Waals surface area (Å²) in [4.78, 5) is 24.7. The van der Waals surface area contributed by atoms with Crippen molar-refractivity contribution in [3.63, 3.8) is 0 Å². The second kappa shape index (κ2) is 8.99. The maximum atomic E-state index is 12.7. The van der Waals surface area contributed by atoms with Gasteiger partial charge in [0.05, 0.1) is 29.8 Å². The van der Waals surface area contributed by atoms with Crippen LogP contribution < -0.4 is 0 Å². The minimum Gasteiger partial charge on any atom is -0.392 e. The van der Waals surface area contributed by atoms with E-state index in [1.54, 1.807) is 18.4 Å². The normalized spacial score (nSPS) is 51.5. The SMILES string of the molecule is CSC(=O)CC12OC(C(C)C3(O)CCC4C5C(O)CC6=CC(=O)C=CC6(C)C5CCC43C)CC(C)(O1)C(C)(C)O2. The molecule has 11 unspecified atom stereocenters. The first kappa shape index (κ1) is 29.1. The predicted octanol–water partition coefficient (Wildman–Crippen LogP) is 4.94. The number of aliphatic hydroxyl groups excluding tert-OH is 1. The summed E-state index contributed by atoms with van der Waals surface area (Å²) in [5.41, 5.74) is -1.93. The van der Waals surface area contributed by atoms with Crippen molar-refractivity contribution in [3.8, 4) is 0 Å². The lowest BCUT2D eigenvalue weighted by Crippen LogP contribution is -2.62. The zero-order valence-corrected chi connectivity index (χ0v) is 25.8. The number of carbonyl (C=O) groups excluding carboxylic acids is 2. The molecule has 222 valence electrons. The summed E-state index contributed by atoms with van der Waals surface area (Å²) in [6.45, 7) is 12.5. The third-order valence-electron chi connectivity index (χ3n) is 12.7. The number of hydrogen-bond acceptors (Lipinski definition) is 8. The molecule has 2 aliphatic heterocycles. The average Bonchev–Trinajstić information content (AvgIpc) is 3.22. The molecule has 0 spiro atoms. The number of thioether (sulfide) groups is 1. The quantitative estimate of drug-likeness (QED) is 0.487. The summed E-state index contributed by atoms with van der Waals surface area (Å²) in [6.07, 6.45) is 10.6. The number of aliphatic hydroxyl groups is 2. The van der Waals surface area contributed by atoms with Crippen LogP contribution in [-0.2, 0) is 23.8 Å². The summed E-state index contributed by atoms with van der Waals surface area (Å²) >= 11 is 1.14. The Morgan fingerprint density at radius 2 is 1.82 bits per heavy atom. The summed E-state index contributed by atoms with van der Waals surface area (Å²) in [5.74, 6) is -1.24. The molecule has 3 saturated carbocycles. The molecular formula is C32H46O7S. The van der Waals surface area contributed by atoms with Crippen LogP contribution in [0.25, 0.3) is 0 Å². The van der Waals surface area contributed by atoms with Crippen LogP contribution >= 0.6 is 11.8 Å². The molecule has 7 nitrogen and oxygen atoms in total. The molecule has 0 amide bonds. The molecule has 2 heterocycles. The largest absolute Gasteiger partial charge is 0.392 e. The van der Waals surface area contributed by atoms with Crippen molar-refractivity contribution in [2.45, 2.75) is 121 Å².